The van der Waals surface area contributed by atoms with Gasteiger partial charge in [0.15, 0.2) is 11.0 Å². The number of amides is 1. The normalized spacial score (nSPS) is 11.5. The highest BCUT2D eigenvalue weighted by molar-refractivity contribution is 7.99. The van der Waals surface area contributed by atoms with Crippen molar-refractivity contribution >= 4 is 23.5 Å². The number of nitrogens with zero attached hydrogens (tertiary/aromatic N) is 3. The number of aromatic nitrogens is 3. The van der Waals surface area contributed by atoms with Gasteiger partial charge in [-0.15, -0.1) is 0 Å². The Labute approximate surface area is 185 Å². The first-order chi connectivity index (χ1) is 15.3. The SMILES string of the molecule is Cc1cc(NC(=O)CSc2ncc(-c3ccccc3)n2-c2cccc(C(F)(F)F)c2)no1. The highest BCUT2D eigenvalue weighted by Crippen LogP contribution is 2.34. The molecule has 4 rings (SSSR count). The lowest BCUT2D eigenvalue weighted by atomic mass is 10.1. The van der Waals surface area contributed by atoms with Crippen LogP contribution < -0.4 is 5.32 Å². The highest BCUT2D eigenvalue weighted by atomic mass is 32.2. The van der Waals surface area contributed by atoms with Crippen molar-refractivity contribution < 1.29 is 22.5 Å². The molecule has 0 unspecified atom stereocenters. The van der Waals surface area contributed by atoms with E-state index in [0.717, 1.165) is 29.5 Å². The molecule has 164 valence electrons. The minimum Gasteiger partial charge on any atom is -0.360 e. The molecule has 6 nitrogen and oxygen atoms in total. The van der Waals surface area contributed by atoms with E-state index in [1.165, 1.54) is 6.07 Å². The van der Waals surface area contributed by atoms with Gasteiger partial charge < -0.3 is 9.84 Å². The average Bonchev–Trinajstić information content (AvgIpc) is 3.38. The largest absolute Gasteiger partial charge is 0.416 e. The lowest BCUT2D eigenvalue weighted by Gasteiger charge is -2.14. The van der Waals surface area contributed by atoms with Crippen LogP contribution in [0.15, 0.2) is 76.5 Å². The zero-order chi connectivity index (χ0) is 22.7. The Morgan fingerprint density at radius 3 is 2.59 bits per heavy atom. The van der Waals surface area contributed by atoms with Gasteiger partial charge in [0.2, 0.25) is 5.91 Å². The molecule has 0 radical (unpaired) electrons. The van der Waals surface area contributed by atoms with Crippen molar-refractivity contribution in [1.82, 2.24) is 14.7 Å². The van der Waals surface area contributed by atoms with Gasteiger partial charge in [0.25, 0.3) is 0 Å². The first kappa shape index (κ1) is 21.7. The van der Waals surface area contributed by atoms with Crippen LogP contribution in [0.25, 0.3) is 16.9 Å². The molecule has 4 aromatic rings. The van der Waals surface area contributed by atoms with Crippen LogP contribution >= 0.6 is 11.8 Å². The second-order valence-electron chi connectivity index (χ2n) is 6.84. The van der Waals surface area contributed by atoms with Crippen molar-refractivity contribution in [1.29, 1.82) is 0 Å². The van der Waals surface area contributed by atoms with Crippen molar-refractivity contribution in [2.75, 3.05) is 11.1 Å². The number of carbonyl (C=O) groups is 1. The Bertz CT molecular complexity index is 1240. The van der Waals surface area contributed by atoms with Crippen LogP contribution in [-0.2, 0) is 11.0 Å². The van der Waals surface area contributed by atoms with E-state index in [9.17, 15) is 18.0 Å². The standard InChI is InChI=1S/C22H17F3N4O2S/c1-14-10-19(28-31-14)27-20(30)13-32-21-26-12-18(15-6-3-2-4-7-15)29(21)17-9-5-8-16(11-17)22(23,24)25/h2-12H,13H2,1H3,(H,27,28,30). The van der Waals surface area contributed by atoms with E-state index in [4.69, 9.17) is 4.52 Å². The number of halogens is 3. The van der Waals surface area contributed by atoms with E-state index in [1.807, 2.05) is 30.3 Å². The van der Waals surface area contributed by atoms with Crippen LogP contribution in [0.1, 0.15) is 11.3 Å². The van der Waals surface area contributed by atoms with E-state index in [2.05, 4.69) is 15.5 Å². The molecule has 0 aliphatic carbocycles. The van der Waals surface area contributed by atoms with Crippen LogP contribution in [0.3, 0.4) is 0 Å². The predicted octanol–water partition coefficient (Wildman–Crippen LogP) is 5.59. The molecule has 2 aromatic heterocycles. The lowest BCUT2D eigenvalue weighted by Crippen LogP contribution is -2.15. The fourth-order valence-electron chi connectivity index (χ4n) is 3.05. The number of aryl methyl sites for hydroxylation is 1. The number of nitrogens with one attached hydrogen (secondary N) is 1. The van der Waals surface area contributed by atoms with Gasteiger partial charge in [0.1, 0.15) is 5.76 Å². The predicted molar refractivity (Wildman–Crippen MR) is 115 cm³/mol. The lowest BCUT2D eigenvalue weighted by molar-refractivity contribution is -0.137. The summed E-state index contributed by atoms with van der Waals surface area (Å²) in [5, 5.41) is 6.70. The topological polar surface area (TPSA) is 73.0 Å². The zero-order valence-corrected chi connectivity index (χ0v) is 17.6. The molecule has 10 heteroatoms. The molecule has 0 atom stereocenters. The highest BCUT2D eigenvalue weighted by Gasteiger charge is 2.31. The molecule has 0 aliphatic rings. The molecule has 1 N–H and O–H groups in total. The molecule has 0 saturated heterocycles. The molecular weight excluding hydrogens is 441 g/mol. The summed E-state index contributed by atoms with van der Waals surface area (Å²) >= 11 is 1.11. The molecule has 0 saturated carbocycles. The summed E-state index contributed by atoms with van der Waals surface area (Å²) in [4.78, 5) is 16.7. The van der Waals surface area contributed by atoms with Gasteiger partial charge >= 0.3 is 6.18 Å². The maximum absolute atomic E-state index is 13.3. The summed E-state index contributed by atoms with van der Waals surface area (Å²) in [6, 6.07) is 15.8. The van der Waals surface area contributed by atoms with Crippen LogP contribution in [0.4, 0.5) is 19.0 Å². The first-order valence-corrected chi connectivity index (χ1v) is 10.5. The molecule has 0 spiro atoms. The number of imidazole rings is 1. The Morgan fingerprint density at radius 2 is 1.91 bits per heavy atom. The molecule has 0 fully saturated rings. The third-order valence-corrected chi connectivity index (χ3v) is 5.41. The van der Waals surface area contributed by atoms with Crippen LogP contribution in [-0.4, -0.2) is 26.4 Å². The monoisotopic (exact) mass is 458 g/mol. The molecule has 32 heavy (non-hydrogen) atoms. The maximum Gasteiger partial charge on any atom is 0.416 e. The quantitative estimate of drug-likeness (QED) is 0.382. The Morgan fingerprint density at radius 1 is 1.12 bits per heavy atom. The minimum absolute atomic E-state index is 0.0177. The molecule has 1 amide bonds. The van der Waals surface area contributed by atoms with Gasteiger partial charge in [-0.25, -0.2) is 4.98 Å². The number of carbonyl (C=O) groups excluding carboxylic acids is 1. The number of alkyl halides is 3. The number of anilines is 1. The van der Waals surface area contributed by atoms with E-state index >= 15 is 0 Å². The molecule has 2 heterocycles. The van der Waals surface area contributed by atoms with Crippen molar-refractivity contribution in [3.05, 3.63) is 78.2 Å². The third kappa shape index (κ3) is 4.86. The zero-order valence-electron chi connectivity index (χ0n) is 16.8. The van der Waals surface area contributed by atoms with Crippen molar-refractivity contribution in [2.45, 2.75) is 18.3 Å². The van der Waals surface area contributed by atoms with Gasteiger partial charge in [0.05, 0.1) is 23.2 Å². The Balaban J connectivity index is 1.66. The third-order valence-electron chi connectivity index (χ3n) is 4.46. The van der Waals surface area contributed by atoms with Gasteiger partial charge in [-0.05, 0) is 25.1 Å². The second kappa shape index (κ2) is 8.91. The average molecular weight is 458 g/mol. The number of hydrogen-bond donors (Lipinski definition) is 1. The van der Waals surface area contributed by atoms with Gasteiger partial charge in [-0.2, -0.15) is 13.2 Å². The summed E-state index contributed by atoms with van der Waals surface area (Å²) in [6.07, 6.45) is -2.90. The van der Waals surface area contributed by atoms with Crippen LogP contribution in [0, 0.1) is 6.92 Å². The van der Waals surface area contributed by atoms with Crippen molar-refractivity contribution in [3.63, 3.8) is 0 Å². The number of benzene rings is 2. The molecular formula is C22H17F3N4O2S. The van der Waals surface area contributed by atoms with E-state index in [1.54, 1.807) is 29.8 Å². The van der Waals surface area contributed by atoms with E-state index in [0.29, 0.717) is 28.1 Å². The minimum atomic E-state index is -4.48. The number of rotatable bonds is 6. The van der Waals surface area contributed by atoms with E-state index < -0.39 is 11.7 Å². The molecule has 2 aromatic carbocycles. The maximum atomic E-state index is 13.3. The summed E-state index contributed by atoms with van der Waals surface area (Å²) in [6.45, 7) is 1.70. The van der Waals surface area contributed by atoms with E-state index in [-0.39, 0.29) is 11.7 Å². The fourth-order valence-corrected chi connectivity index (χ4v) is 3.85. The Hall–Kier alpha value is -3.53. The van der Waals surface area contributed by atoms with Gasteiger partial charge in [-0.1, -0.05) is 53.3 Å². The van der Waals surface area contributed by atoms with Gasteiger partial charge in [0, 0.05) is 17.3 Å². The first-order valence-electron chi connectivity index (χ1n) is 9.48. The van der Waals surface area contributed by atoms with Crippen molar-refractivity contribution in [3.8, 4) is 16.9 Å². The van der Waals surface area contributed by atoms with Crippen LogP contribution in [0.2, 0.25) is 0 Å². The fraction of sp³-hybridized carbons (Fsp3) is 0.136. The van der Waals surface area contributed by atoms with Crippen LogP contribution in [0.5, 0.6) is 0 Å². The van der Waals surface area contributed by atoms with Gasteiger partial charge in [-0.3, -0.25) is 9.36 Å². The summed E-state index contributed by atoms with van der Waals surface area (Å²) < 4.78 is 46.4. The number of hydrogen-bond acceptors (Lipinski definition) is 5. The summed E-state index contributed by atoms with van der Waals surface area (Å²) in [5.41, 5.74) is 0.927. The molecule has 0 bridgehead atoms. The van der Waals surface area contributed by atoms with Crippen molar-refractivity contribution in [2.24, 2.45) is 0 Å². The Kier molecular flexibility index (Phi) is 6.04. The summed E-state index contributed by atoms with van der Waals surface area (Å²) in [7, 11) is 0. The molecule has 0 aliphatic heterocycles. The second-order valence-corrected chi connectivity index (χ2v) is 7.78. The summed E-state index contributed by atoms with van der Waals surface area (Å²) in [5.74, 6) is 0.485. The number of thioether (sulfide) groups is 1. The smallest absolute Gasteiger partial charge is 0.360 e.